The van der Waals surface area contributed by atoms with E-state index in [1.807, 2.05) is 0 Å². The summed E-state index contributed by atoms with van der Waals surface area (Å²) in [4.78, 5) is 3.93. The molecule has 2 rings (SSSR count). The molecular weight excluding hydrogens is 298 g/mol. The second-order valence-electron chi connectivity index (χ2n) is 6.37. The predicted molar refractivity (Wildman–Crippen MR) is 79.2 cm³/mol. The molecule has 0 aliphatic heterocycles. The van der Waals surface area contributed by atoms with Gasteiger partial charge in [0.2, 0.25) is 5.03 Å². The van der Waals surface area contributed by atoms with Crippen molar-refractivity contribution >= 4 is 21.6 Å². The van der Waals surface area contributed by atoms with E-state index >= 15 is 0 Å². The van der Waals surface area contributed by atoms with E-state index in [2.05, 4.69) is 18.8 Å². The van der Waals surface area contributed by atoms with E-state index in [1.165, 1.54) is 15.2 Å². The SMILES string of the molecule is CN(C1CCC(C)(C)CC1)S(=O)(=O)c1ncn(C)c1Cl. The van der Waals surface area contributed by atoms with Crippen molar-refractivity contribution in [1.29, 1.82) is 0 Å². The monoisotopic (exact) mass is 319 g/mol. The summed E-state index contributed by atoms with van der Waals surface area (Å²) in [5, 5.41) is 0.113. The van der Waals surface area contributed by atoms with E-state index in [1.54, 1.807) is 14.1 Å². The second-order valence-corrected chi connectivity index (χ2v) is 8.64. The van der Waals surface area contributed by atoms with Gasteiger partial charge in [-0.1, -0.05) is 25.4 Å². The zero-order valence-corrected chi connectivity index (χ0v) is 14.0. The fourth-order valence-corrected chi connectivity index (χ4v) is 4.45. The third-order valence-corrected chi connectivity index (χ3v) is 6.68. The molecule has 114 valence electrons. The van der Waals surface area contributed by atoms with Crippen LogP contribution in [0.3, 0.4) is 0 Å². The number of aromatic nitrogens is 2. The summed E-state index contributed by atoms with van der Waals surface area (Å²) in [7, 11) is -0.310. The third-order valence-electron chi connectivity index (χ3n) is 4.28. The van der Waals surface area contributed by atoms with Gasteiger partial charge in [-0.05, 0) is 31.1 Å². The van der Waals surface area contributed by atoms with Crippen LogP contribution >= 0.6 is 11.6 Å². The highest BCUT2D eigenvalue weighted by atomic mass is 35.5. The van der Waals surface area contributed by atoms with Gasteiger partial charge < -0.3 is 4.57 Å². The Kier molecular flexibility index (Phi) is 4.19. The van der Waals surface area contributed by atoms with Crippen LogP contribution in [0.2, 0.25) is 5.15 Å². The standard InChI is InChI=1S/C13H22ClN3O2S/c1-13(2)7-5-10(6-8-13)17(4)20(18,19)12-11(14)16(3)9-15-12/h9-10H,5-8H2,1-4H3. The van der Waals surface area contributed by atoms with Crippen LogP contribution in [0.5, 0.6) is 0 Å². The number of halogens is 1. The van der Waals surface area contributed by atoms with E-state index in [9.17, 15) is 8.42 Å². The quantitative estimate of drug-likeness (QED) is 0.860. The summed E-state index contributed by atoms with van der Waals surface area (Å²) in [6.45, 7) is 4.46. The molecule has 1 aliphatic carbocycles. The molecule has 1 aliphatic rings. The van der Waals surface area contributed by atoms with Crippen LogP contribution < -0.4 is 0 Å². The van der Waals surface area contributed by atoms with Crippen molar-refractivity contribution in [3.05, 3.63) is 11.5 Å². The molecule has 0 spiro atoms. The lowest BCUT2D eigenvalue weighted by Crippen LogP contribution is -2.41. The molecule has 1 heterocycles. The highest BCUT2D eigenvalue weighted by Crippen LogP contribution is 2.38. The Morgan fingerprint density at radius 2 is 1.95 bits per heavy atom. The number of rotatable bonds is 3. The molecule has 1 aromatic rings. The third kappa shape index (κ3) is 2.87. The first-order valence-corrected chi connectivity index (χ1v) is 8.62. The van der Waals surface area contributed by atoms with Crippen molar-refractivity contribution in [2.75, 3.05) is 7.05 Å². The van der Waals surface area contributed by atoms with Gasteiger partial charge in [0.1, 0.15) is 5.15 Å². The Bertz CT molecular complexity index is 585. The molecule has 0 atom stereocenters. The van der Waals surface area contributed by atoms with Gasteiger partial charge in [-0.15, -0.1) is 0 Å². The average Bonchev–Trinajstić information content (AvgIpc) is 2.69. The normalized spacial score (nSPS) is 20.5. The maximum absolute atomic E-state index is 12.6. The van der Waals surface area contributed by atoms with Crippen molar-refractivity contribution in [3.8, 4) is 0 Å². The molecule has 1 saturated carbocycles. The Labute approximate surface area is 126 Å². The molecule has 7 heteroatoms. The number of imidazole rings is 1. The van der Waals surface area contributed by atoms with Crippen LogP contribution in [0, 0.1) is 5.41 Å². The van der Waals surface area contributed by atoms with Gasteiger partial charge in [-0.2, -0.15) is 4.31 Å². The molecule has 0 N–H and O–H groups in total. The lowest BCUT2D eigenvalue weighted by atomic mass is 9.76. The maximum Gasteiger partial charge on any atom is 0.263 e. The second kappa shape index (κ2) is 5.31. The molecule has 0 bridgehead atoms. The fraction of sp³-hybridized carbons (Fsp3) is 0.769. The smallest absolute Gasteiger partial charge is 0.263 e. The molecular formula is C13H22ClN3O2S. The molecule has 0 aromatic carbocycles. The Balaban J connectivity index is 2.20. The number of hydrogen-bond acceptors (Lipinski definition) is 3. The molecule has 5 nitrogen and oxygen atoms in total. The topological polar surface area (TPSA) is 55.2 Å². The van der Waals surface area contributed by atoms with Gasteiger partial charge in [0, 0.05) is 20.1 Å². The summed E-state index contributed by atoms with van der Waals surface area (Å²) >= 11 is 6.02. The van der Waals surface area contributed by atoms with Crippen LogP contribution in [-0.4, -0.2) is 35.4 Å². The minimum atomic E-state index is -3.62. The Morgan fingerprint density at radius 3 is 2.40 bits per heavy atom. The number of aryl methyl sites for hydroxylation is 1. The Hall–Kier alpha value is -0.590. The highest BCUT2D eigenvalue weighted by Gasteiger charge is 2.36. The summed E-state index contributed by atoms with van der Waals surface area (Å²) < 4.78 is 28.1. The first-order valence-electron chi connectivity index (χ1n) is 6.80. The lowest BCUT2D eigenvalue weighted by molar-refractivity contribution is 0.174. The van der Waals surface area contributed by atoms with Crippen LogP contribution in [-0.2, 0) is 17.1 Å². The Morgan fingerprint density at radius 1 is 1.40 bits per heavy atom. The summed E-state index contributed by atoms with van der Waals surface area (Å²) in [5.74, 6) is 0. The minimum absolute atomic E-state index is 0.0334. The van der Waals surface area contributed by atoms with Crippen molar-refractivity contribution < 1.29 is 8.42 Å². The van der Waals surface area contributed by atoms with Crippen LogP contribution in [0.4, 0.5) is 0 Å². The molecule has 0 unspecified atom stereocenters. The zero-order valence-electron chi connectivity index (χ0n) is 12.4. The molecule has 0 amide bonds. The lowest BCUT2D eigenvalue weighted by Gasteiger charge is -2.37. The minimum Gasteiger partial charge on any atom is -0.324 e. The van der Waals surface area contributed by atoms with Gasteiger partial charge in [0.25, 0.3) is 10.0 Å². The molecule has 0 radical (unpaired) electrons. The predicted octanol–water partition coefficient (Wildman–Crippen LogP) is 2.66. The maximum atomic E-state index is 12.6. The summed E-state index contributed by atoms with van der Waals surface area (Å²) in [6, 6.07) is 0.0334. The van der Waals surface area contributed by atoms with E-state index in [-0.39, 0.29) is 16.2 Å². The molecule has 1 aromatic heterocycles. The van der Waals surface area contributed by atoms with Gasteiger partial charge in [-0.25, -0.2) is 13.4 Å². The average molecular weight is 320 g/mol. The van der Waals surface area contributed by atoms with Gasteiger partial charge in [0.05, 0.1) is 6.33 Å². The van der Waals surface area contributed by atoms with Crippen molar-refractivity contribution in [3.63, 3.8) is 0 Å². The largest absolute Gasteiger partial charge is 0.324 e. The van der Waals surface area contributed by atoms with Crippen molar-refractivity contribution in [2.24, 2.45) is 12.5 Å². The zero-order chi connectivity index (χ0) is 15.1. The van der Waals surface area contributed by atoms with Gasteiger partial charge in [-0.3, -0.25) is 0 Å². The van der Waals surface area contributed by atoms with Gasteiger partial charge in [0.15, 0.2) is 0 Å². The molecule has 0 saturated heterocycles. The van der Waals surface area contributed by atoms with E-state index < -0.39 is 10.0 Å². The summed E-state index contributed by atoms with van der Waals surface area (Å²) in [6.07, 6.45) is 5.26. The van der Waals surface area contributed by atoms with E-state index in [4.69, 9.17) is 11.6 Å². The number of nitrogens with zero attached hydrogens (tertiary/aromatic N) is 3. The summed E-state index contributed by atoms with van der Waals surface area (Å²) in [5.41, 5.74) is 0.309. The molecule has 20 heavy (non-hydrogen) atoms. The van der Waals surface area contributed by atoms with E-state index in [0.717, 1.165) is 25.7 Å². The first kappa shape index (κ1) is 15.8. The van der Waals surface area contributed by atoms with Gasteiger partial charge >= 0.3 is 0 Å². The van der Waals surface area contributed by atoms with Crippen molar-refractivity contribution in [1.82, 2.24) is 13.9 Å². The fourth-order valence-electron chi connectivity index (χ4n) is 2.65. The van der Waals surface area contributed by atoms with Crippen LogP contribution in [0.25, 0.3) is 0 Å². The van der Waals surface area contributed by atoms with Crippen LogP contribution in [0.15, 0.2) is 11.4 Å². The molecule has 1 fully saturated rings. The number of hydrogen-bond donors (Lipinski definition) is 0. The van der Waals surface area contributed by atoms with Crippen LogP contribution in [0.1, 0.15) is 39.5 Å². The highest BCUT2D eigenvalue weighted by molar-refractivity contribution is 7.89. The van der Waals surface area contributed by atoms with Crippen molar-refractivity contribution in [2.45, 2.75) is 50.6 Å². The van der Waals surface area contributed by atoms with E-state index in [0.29, 0.717) is 5.41 Å². The first-order chi connectivity index (χ1) is 9.15. The number of sulfonamides is 1.